The number of hydrogen-bond acceptors (Lipinski definition) is 5. The van der Waals surface area contributed by atoms with Gasteiger partial charge < -0.3 is 10.1 Å². The van der Waals surface area contributed by atoms with Gasteiger partial charge in [0.2, 0.25) is 0 Å². The third-order valence-corrected chi connectivity index (χ3v) is 5.49. The molecule has 0 unspecified atom stereocenters. The molecule has 0 aromatic heterocycles. The first-order valence-electron chi connectivity index (χ1n) is 8.14. The summed E-state index contributed by atoms with van der Waals surface area (Å²) < 4.78 is 6.14. The monoisotopic (exact) mass is 452 g/mol. The van der Waals surface area contributed by atoms with E-state index in [1.54, 1.807) is 0 Å². The molecule has 0 aliphatic carbocycles. The highest BCUT2D eigenvalue weighted by molar-refractivity contribution is 9.10. The molecule has 8 heteroatoms. The Morgan fingerprint density at radius 3 is 2.59 bits per heavy atom. The molecule has 6 nitrogen and oxygen atoms in total. The van der Waals surface area contributed by atoms with Gasteiger partial charge in [-0.2, -0.15) is 0 Å². The Kier molecular flexibility index (Phi) is 6.89. The zero-order chi connectivity index (χ0) is 20.2. The first-order valence-corrected chi connectivity index (χ1v) is 10.2. The van der Waals surface area contributed by atoms with Crippen LogP contribution in [-0.2, 0) is 5.41 Å². The van der Waals surface area contributed by atoms with Gasteiger partial charge in [0, 0.05) is 16.4 Å². The number of carbonyl (C=O) groups is 1. The molecule has 0 aliphatic rings. The van der Waals surface area contributed by atoms with Crippen molar-refractivity contribution in [1.29, 1.82) is 0 Å². The largest absolute Gasteiger partial charge is 0.495 e. The SMILES string of the molecule is COc1cc([N+](=O)[O-])c(C(=O)NCC(C)(C)c2cccc(Br)c2)cc1SC. The molecular formula is C19H21BrN2O4S. The molecule has 0 saturated carbocycles. The second-order valence-corrected chi connectivity index (χ2v) is 8.32. The maximum absolute atomic E-state index is 12.7. The molecule has 1 amide bonds. The molecule has 27 heavy (non-hydrogen) atoms. The summed E-state index contributed by atoms with van der Waals surface area (Å²) in [4.78, 5) is 24.2. The summed E-state index contributed by atoms with van der Waals surface area (Å²) in [5.41, 5.74) is 0.451. The van der Waals surface area contributed by atoms with Crippen molar-refractivity contribution in [3.8, 4) is 5.75 Å². The Bertz CT molecular complexity index is 871. The van der Waals surface area contributed by atoms with E-state index < -0.39 is 10.8 Å². The Hall–Kier alpha value is -2.06. The second kappa shape index (κ2) is 8.75. The van der Waals surface area contributed by atoms with Crippen LogP contribution >= 0.6 is 27.7 Å². The number of nitro benzene ring substituents is 1. The van der Waals surface area contributed by atoms with Crippen LogP contribution in [0.1, 0.15) is 29.8 Å². The van der Waals surface area contributed by atoms with Crippen LogP contribution in [0.3, 0.4) is 0 Å². The van der Waals surface area contributed by atoms with Crippen LogP contribution in [0.25, 0.3) is 0 Å². The molecule has 0 saturated heterocycles. The molecule has 0 radical (unpaired) electrons. The van der Waals surface area contributed by atoms with Gasteiger partial charge in [-0.15, -0.1) is 11.8 Å². The number of carbonyl (C=O) groups excluding carboxylic acids is 1. The number of benzene rings is 2. The average molecular weight is 453 g/mol. The van der Waals surface area contributed by atoms with Crippen molar-refractivity contribution in [2.45, 2.75) is 24.2 Å². The summed E-state index contributed by atoms with van der Waals surface area (Å²) in [6.45, 7) is 4.34. The fourth-order valence-electron chi connectivity index (χ4n) is 2.61. The normalized spacial score (nSPS) is 11.1. The number of hydrogen-bond donors (Lipinski definition) is 1. The predicted octanol–water partition coefficient (Wildman–Crippen LogP) is 4.80. The number of thioether (sulfide) groups is 1. The Labute approximate surface area is 171 Å². The van der Waals surface area contributed by atoms with Crippen LogP contribution in [0.4, 0.5) is 5.69 Å². The van der Waals surface area contributed by atoms with E-state index in [-0.39, 0.29) is 16.7 Å². The van der Waals surface area contributed by atoms with Crippen molar-refractivity contribution < 1.29 is 14.5 Å². The summed E-state index contributed by atoms with van der Waals surface area (Å²) in [5.74, 6) is -0.108. The minimum Gasteiger partial charge on any atom is -0.495 e. The number of halogens is 1. The van der Waals surface area contributed by atoms with Gasteiger partial charge in [-0.25, -0.2) is 0 Å². The second-order valence-electron chi connectivity index (χ2n) is 6.56. The zero-order valence-electron chi connectivity index (χ0n) is 15.5. The minimum atomic E-state index is -0.568. The average Bonchev–Trinajstić information content (AvgIpc) is 2.64. The maximum atomic E-state index is 12.7. The molecule has 2 aromatic carbocycles. The van der Waals surface area contributed by atoms with Crippen molar-refractivity contribution in [3.05, 3.63) is 62.1 Å². The summed E-state index contributed by atoms with van der Waals surface area (Å²) >= 11 is 4.81. The topological polar surface area (TPSA) is 81.5 Å². The summed E-state index contributed by atoms with van der Waals surface area (Å²) in [7, 11) is 1.44. The summed E-state index contributed by atoms with van der Waals surface area (Å²) in [6, 6.07) is 10.6. The standard InChI is InChI=1S/C19H21BrN2O4S/c1-19(2,12-6-5-7-13(20)8-12)11-21-18(23)14-9-17(27-4)16(26-3)10-15(14)22(24)25/h5-10H,11H2,1-4H3,(H,21,23). The van der Waals surface area contributed by atoms with Gasteiger partial charge in [0.15, 0.2) is 0 Å². The maximum Gasteiger partial charge on any atom is 0.285 e. The highest BCUT2D eigenvalue weighted by Gasteiger charge is 2.26. The van der Waals surface area contributed by atoms with Crippen LogP contribution in [0.2, 0.25) is 0 Å². The molecule has 0 bridgehead atoms. The quantitative estimate of drug-likeness (QED) is 0.370. The number of ether oxygens (including phenoxy) is 1. The lowest BCUT2D eigenvalue weighted by atomic mass is 9.84. The molecule has 2 aromatic rings. The lowest BCUT2D eigenvalue weighted by Gasteiger charge is -2.26. The molecule has 2 rings (SSSR count). The van der Waals surface area contributed by atoms with E-state index in [0.29, 0.717) is 17.2 Å². The van der Waals surface area contributed by atoms with Crippen molar-refractivity contribution in [3.63, 3.8) is 0 Å². The number of rotatable bonds is 7. The lowest BCUT2D eigenvalue weighted by molar-refractivity contribution is -0.385. The van der Waals surface area contributed by atoms with E-state index in [1.165, 1.54) is 31.0 Å². The Morgan fingerprint density at radius 2 is 2.04 bits per heavy atom. The fraction of sp³-hybridized carbons (Fsp3) is 0.316. The van der Waals surface area contributed by atoms with Gasteiger partial charge in [-0.3, -0.25) is 14.9 Å². The van der Waals surface area contributed by atoms with Gasteiger partial charge in [-0.05, 0) is 30.0 Å². The lowest BCUT2D eigenvalue weighted by Crippen LogP contribution is -2.37. The molecule has 144 valence electrons. The van der Waals surface area contributed by atoms with E-state index >= 15 is 0 Å². The number of nitrogens with zero attached hydrogens (tertiary/aromatic N) is 1. The van der Waals surface area contributed by atoms with Crippen LogP contribution in [-0.4, -0.2) is 30.7 Å². The molecule has 0 spiro atoms. The van der Waals surface area contributed by atoms with Crippen LogP contribution in [0, 0.1) is 10.1 Å². The van der Waals surface area contributed by atoms with E-state index in [2.05, 4.69) is 21.2 Å². The van der Waals surface area contributed by atoms with Crippen LogP contribution in [0.5, 0.6) is 5.75 Å². The van der Waals surface area contributed by atoms with E-state index in [1.807, 2.05) is 44.4 Å². The predicted molar refractivity (Wildman–Crippen MR) is 111 cm³/mol. The number of amides is 1. The van der Waals surface area contributed by atoms with Gasteiger partial charge in [0.25, 0.3) is 11.6 Å². The fourth-order valence-corrected chi connectivity index (χ4v) is 3.59. The zero-order valence-corrected chi connectivity index (χ0v) is 17.9. The van der Waals surface area contributed by atoms with Crippen LogP contribution < -0.4 is 10.1 Å². The van der Waals surface area contributed by atoms with Gasteiger partial charge in [0.05, 0.1) is 23.0 Å². The Morgan fingerprint density at radius 1 is 1.33 bits per heavy atom. The third-order valence-electron chi connectivity index (χ3n) is 4.24. The van der Waals surface area contributed by atoms with Crippen molar-refractivity contribution in [1.82, 2.24) is 5.32 Å². The Balaban J connectivity index is 2.28. The smallest absolute Gasteiger partial charge is 0.285 e. The van der Waals surface area contributed by atoms with Gasteiger partial charge in [-0.1, -0.05) is 41.9 Å². The van der Waals surface area contributed by atoms with Crippen molar-refractivity contribution in [2.75, 3.05) is 19.9 Å². The van der Waals surface area contributed by atoms with Crippen molar-refractivity contribution >= 4 is 39.3 Å². The number of methoxy groups -OCH3 is 1. The van der Waals surface area contributed by atoms with E-state index in [9.17, 15) is 14.9 Å². The summed E-state index contributed by atoms with van der Waals surface area (Å²) in [5, 5.41) is 14.2. The number of nitro groups is 1. The van der Waals surface area contributed by atoms with Gasteiger partial charge >= 0.3 is 0 Å². The van der Waals surface area contributed by atoms with Crippen molar-refractivity contribution in [2.24, 2.45) is 0 Å². The highest BCUT2D eigenvalue weighted by Crippen LogP contribution is 2.34. The summed E-state index contributed by atoms with van der Waals surface area (Å²) in [6.07, 6.45) is 1.82. The third kappa shape index (κ3) is 5.01. The molecule has 0 heterocycles. The molecule has 0 atom stereocenters. The first kappa shape index (κ1) is 21.2. The molecule has 0 fully saturated rings. The van der Waals surface area contributed by atoms with E-state index in [0.717, 1.165) is 10.0 Å². The molecule has 1 N–H and O–H groups in total. The molecule has 0 aliphatic heterocycles. The van der Waals surface area contributed by atoms with E-state index in [4.69, 9.17) is 4.74 Å². The van der Waals surface area contributed by atoms with Gasteiger partial charge in [0.1, 0.15) is 11.3 Å². The molecular weight excluding hydrogens is 432 g/mol. The first-order chi connectivity index (χ1) is 12.7. The number of nitrogens with one attached hydrogen (secondary N) is 1. The minimum absolute atomic E-state index is 0.0233. The van der Waals surface area contributed by atoms with Crippen LogP contribution in [0.15, 0.2) is 45.8 Å². The highest BCUT2D eigenvalue weighted by atomic mass is 79.9.